The Morgan fingerprint density at radius 1 is 0.475 bits per heavy atom. The highest BCUT2D eigenvalue weighted by Crippen LogP contribution is 2.55. The number of carbonyl (C=O) groups is 2. The van der Waals surface area contributed by atoms with Gasteiger partial charge in [0.2, 0.25) is 0 Å². The Kier molecular flexibility index (Phi) is 5.74. The Morgan fingerprint density at radius 3 is 0.925 bits per heavy atom. The van der Waals surface area contributed by atoms with Crippen molar-refractivity contribution in [3.63, 3.8) is 0 Å². The highest BCUT2D eigenvalue weighted by molar-refractivity contribution is 5.89. The lowest BCUT2D eigenvalue weighted by Gasteiger charge is -2.59. The van der Waals surface area contributed by atoms with Crippen LogP contribution in [0.2, 0.25) is 0 Å². The molecule has 0 N–H and O–H groups in total. The average molecular weight is 559 g/mol. The van der Waals surface area contributed by atoms with Crippen molar-refractivity contribution in [3.05, 3.63) is 0 Å². The van der Waals surface area contributed by atoms with Gasteiger partial charge in [-0.2, -0.15) is 0 Å². The molecule has 40 heavy (non-hydrogen) atoms. The number of hydrogen-bond donors (Lipinski definition) is 0. The van der Waals surface area contributed by atoms with Crippen molar-refractivity contribution in [2.24, 2.45) is 0 Å². The van der Waals surface area contributed by atoms with Crippen molar-refractivity contribution >= 4 is 12.1 Å². The Hall–Kier alpha value is -1.62. The van der Waals surface area contributed by atoms with Crippen LogP contribution >= 0.6 is 0 Å². The molecule has 6 heterocycles. The number of rotatable bonds is 2. The van der Waals surface area contributed by atoms with Gasteiger partial charge in [0.25, 0.3) is 0 Å². The first-order valence-electron chi connectivity index (χ1n) is 15.3. The highest BCUT2D eigenvalue weighted by atomic mass is 16.2. The van der Waals surface area contributed by atoms with Gasteiger partial charge in [0.15, 0.2) is 11.3 Å². The van der Waals surface area contributed by atoms with Gasteiger partial charge in [0, 0.05) is 34.2 Å². The van der Waals surface area contributed by atoms with E-state index in [1.807, 2.05) is 19.6 Å². The third kappa shape index (κ3) is 3.42. The summed E-state index contributed by atoms with van der Waals surface area (Å²) in [6, 6.07) is 0.701. The molecule has 0 bridgehead atoms. The van der Waals surface area contributed by atoms with Gasteiger partial charge in [-0.15, -0.1) is 0 Å². The standard InChI is InChI=1S/C30H54N8O2/c1-25(2)13-21(14-26(3,4)31(25)11)33-17-35-23(39)37-19-34(22-15-27(5,6)32(12)28(7,8)16-22)20-38-24(40)36(18-33)29(35,9)30(37,38)10/h21-22H,13-20H2,1-12H3. The molecule has 0 aromatic heterocycles. The fourth-order valence-electron chi connectivity index (χ4n) is 9.57. The predicted octanol–water partition coefficient (Wildman–Crippen LogP) is 3.66. The van der Waals surface area contributed by atoms with Crippen molar-refractivity contribution in [3.8, 4) is 0 Å². The van der Waals surface area contributed by atoms with Gasteiger partial charge in [-0.05, 0) is 109 Å². The molecule has 10 heteroatoms. The summed E-state index contributed by atoms with van der Waals surface area (Å²) >= 11 is 0. The molecule has 6 rings (SSSR count). The Balaban J connectivity index is 1.31. The molecule has 226 valence electrons. The summed E-state index contributed by atoms with van der Waals surface area (Å²) in [4.78, 5) is 46.5. The van der Waals surface area contributed by atoms with Crippen LogP contribution in [-0.4, -0.2) is 138 Å². The summed E-state index contributed by atoms with van der Waals surface area (Å²) in [5.74, 6) is 0. The largest absolute Gasteiger partial charge is 0.326 e. The minimum atomic E-state index is -0.689. The summed E-state index contributed by atoms with van der Waals surface area (Å²) in [6.07, 6.45) is 4.03. The van der Waals surface area contributed by atoms with Crippen LogP contribution in [0.1, 0.15) is 94.9 Å². The number of likely N-dealkylation sites (tertiary alicyclic amines) is 2. The van der Waals surface area contributed by atoms with E-state index in [0.29, 0.717) is 38.8 Å². The third-order valence-corrected chi connectivity index (χ3v) is 12.8. The second-order valence-electron chi connectivity index (χ2n) is 16.6. The monoisotopic (exact) mass is 558 g/mol. The molecule has 0 saturated carbocycles. The first-order valence-corrected chi connectivity index (χ1v) is 15.3. The Labute approximate surface area is 242 Å². The van der Waals surface area contributed by atoms with E-state index >= 15 is 0 Å². The van der Waals surface area contributed by atoms with E-state index in [0.717, 1.165) is 25.7 Å². The third-order valence-electron chi connectivity index (χ3n) is 12.8. The van der Waals surface area contributed by atoms with Crippen LogP contribution < -0.4 is 0 Å². The van der Waals surface area contributed by atoms with E-state index in [-0.39, 0.29) is 34.2 Å². The average Bonchev–Trinajstić information content (AvgIpc) is 3.12. The highest BCUT2D eigenvalue weighted by Gasteiger charge is 2.77. The van der Waals surface area contributed by atoms with Crippen LogP contribution in [-0.2, 0) is 0 Å². The number of amides is 4. The lowest BCUT2D eigenvalue weighted by Crippen LogP contribution is -2.74. The maximum Gasteiger partial charge on any atom is 0.326 e. The fraction of sp³-hybridized carbons (Fsp3) is 0.933. The van der Waals surface area contributed by atoms with E-state index in [1.54, 1.807) is 0 Å². The number of hydrogen-bond acceptors (Lipinski definition) is 6. The topological polar surface area (TPSA) is 60.1 Å². The van der Waals surface area contributed by atoms with Crippen molar-refractivity contribution in [1.29, 1.82) is 0 Å². The molecule has 0 radical (unpaired) electrons. The van der Waals surface area contributed by atoms with Gasteiger partial charge in [0.05, 0.1) is 26.7 Å². The molecule has 6 aliphatic rings. The van der Waals surface area contributed by atoms with Gasteiger partial charge in [-0.3, -0.25) is 39.2 Å². The maximum atomic E-state index is 14.3. The lowest BCUT2D eigenvalue weighted by atomic mass is 9.77. The molecule has 6 saturated heterocycles. The summed E-state index contributed by atoms with van der Waals surface area (Å²) in [7, 11) is 4.45. The van der Waals surface area contributed by atoms with Crippen molar-refractivity contribution in [2.45, 2.75) is 140 Å². The van der Waals surface area contributed by atoms with Crippen LogP contribution in [0.3, 0.4) is 0 Å². The molecule has 0 aliphatic carbocycles. The zero-order chi connectivity index (χ0) is 29.6. The quantitative estimate of drug-likeness (QED) is 0.516. The van der Waals surface area contributed by atoms with E-state index in [4.69, 9.17) is 0 Å². The van der Waals surface area contributed by atoms with E-state index in [9.17, 15) is 9.59 Å². The zero-order valence-corrected chi connectivity index (χ0v) is 27.2. The van der Waals surface area contributed by atoms with Gasteiger partial charge in [0.1, 0.15) is 0 Å². The summed E-state index contributed by atoms with van der Waals surface area (Å²) < 4.78 is 0. The van der Waals surface area contributed by atoms with Gasteiger partial charge >= 0.3 is 12.1 Å². The molecule has 0 atom stereocenters. The molecule has 10 nitrogen and oxygen atoms in total. The molecule has 4 amide bonds. The Bertz CT molecular complexity index is 963. The lowest BCUT2D eigenvalue weighted by molar-refractivity contribution is -0.159. The van der Waals surface area contributed by atoms with Crippen LogP contribution in [0.15, 0.2) is 0 Å². The van der Waals surface area contributed by atoms with Crippen molar-refractivity contribution < 1.29 is 9.59 Å². The second kappa shape index (κ2) is 8.05. The molecule has 6 fully saturated rings. The molecule has 0 unspecified atom stereocenters. The van der Waals surface area contributed by atoms with E-state index in [2.05, 4.69) is 103 Å². The first kappa shape index (κ1) is 28.5. The molecule has 6 aliphatic heterocycles. The number of nitrogens with zero attached hydrogens (tertiary/aromatic N) is 8. The summed E-state index contributed by atoms with van der Waals surface area (Å²) in [6.45, 7) is 25.0. The summed E-state index contributed by atoms with van der Waals surface area (Å²) in [5.41, 5.74) is -1.25. The SMILES string of the molecule is CN1C(C)(C)CC(N2CN3C(=O)N4CN(C5CC(C)(C)N(C)C(C)(C)C5)CN5C(=O)N(C2)C3(C)C45C)CC1(C)C. The number of carbonyl (C=O) groups excluding carboxylic acids is 2. The molecular weight excluding hydrogens is 504 g/mol. The van der Waals surface area contributed by atoms with Gasteiger partial charge in [-0.1, -0.05) is 0 Å². The van der Waals surface area contributed by atoms with E-state index in [1.165, 1.54) is 0 Å². The van der Waals surface area contributed by atoms with Crippen molar-refractivity contribution in [2.75, 3.05) is 40.8 Å². The van der Waals surface area contributed by atoms with Crippen LogP contribution in [0, 0.1) is 0 Å². The van der Waals surface area contributed by atoms with Crippen LogP contribution in [0.4, 0.5) is 9.59 Å². The zero-order valence-electron chi connectivity index (χ0n) is 27.2. The van der Waals surface area contributed by atoms with Gasteiger partial charge in [-0.25, -0.2) is 9.59 Å². The first-order chi connectivity index (χ1) is 18.2. The smallest absolute Gasteiger partial charge is 0.296 e. The maximum absolute atomic E-state index is 14.3. The summed E-state index contributed by atoms with van der Waals surface area (Å²) in [5, 5.41) is 0. The predicted molar refractivity (Wildman–Crippen MR) is 156 cm³/mol. The van der Waals surface area contributed by atoms with Crippen molar-refractivity contribution in [1.82, 2.24) is 39.2 Å². The van der Waals surface area contributed by atoms with Crippen LogP contribution in [0.5, 0.6) is 0 Å². The minimum absolute atomic E-state index is 0.0331. The molecule has 0 spiro atoms. The number of piperidine rings is 2. The Morgan fingerprint density at radius 2 is 0.700 bits per heavy atom. The molecule has 0 aromatic carbocycles. The fourth-order valence-corrected chi connectivity index (χ4v) is 9.57. The van der Waals surface area contributed by atoms with Crippen LogP contribution in [0.25, 0.3) is 0 Å². The normalized spacial score (nSPS) is 33.7. The van der Waals surface area contributed by atoms with Gasteiger partial charge < -0.3 is 0 Å². The van der Waals surface area contributed by atoms with E-state index < -0.39 is 11.3 Å². The minimum Gasteiger partial charge on any atom is -0.296 e. The molecular formula is C30H54N8O2. The molecule has 0 aromatic rings. The second-order valence-corrected chi connectivity index (χ2v) is 16.6. The number of urea groups is 2.